The van der Waals surface area contributed by atoms with E-state index in [2.05, 4.69) is 5.32 Å². The lowest BCUT2D eigenvalue weighted by Crippen LogP contribution is -2.39. The predicted octanol–water partition coefficient (Wildman–Crippen LogP) is 4.48. The first-order valence-electron chi connectivity index (χ1n) is 9.46. The van der Waals surface area contributed by atoms with Gasteiger partial charge in [-0.15, -0.1) is 0 Å². The fourth-order valence-corrected chi connectivity index (χ4v) is 3.67. The van der Waals surface area contributed by atoms with Crippen molar-refractivity contribution in [2.75, 3.05) is 13.1 Å². The summed E-state index contributed by atoms with van der Waals surface area (Å²) in [7, 11) is 0. The first-order valence-corrected chi connectivity index (χ1v) is 10.7. The molecule has 0 spiro atoms. The molecule has 1 N–H and O–H groups in total. The van der Waals surface area contributed by atoms with Crippen LogP contribution >= 0.6 is 23.4 Å². The van der Waals surface area contributed by atoms with E-state index in [1.165, 1.54) is 0 Å². The number of hydrogen-bond acceptors (Lipinski definition) is 5. The van der Waals surface area contributed by atoms with Crippen molar-refractivity contribution in [1.82, 2.24) is 10.2 Å². The largest absolute Gasteiger partial charge is 0.488 e. The lowest BCUT2D eigenvalue weighted by molar-refractivity contribution is -0.129. The summed E-state index contributed by atoms with van der Waals surface area (Å²) in [5.74, 6) is -0.254. The molecule has 0 aliphatic carbocycles. The Labute approximate surface area is 184 Å². The summed E-state index contributed by atoms with van der Waals surface area (Å²) in [5.41, 5.74) is 1.63. The minimum atomic E-state index is -0.482. The van der Waals surface area contributed by atoms with Crippen molar-refractivity contribution in [3.05, 3.63) is 69.6 Å². The van der Waals surface area contributed by atoms with Crippen molar-refractivity contribution in [2.45, 2.75) is 20.0 Å². The third-order valence-corrected chi connectivity index (χ3v) is 5.42. The van der Waals surface area contributed by atoms with Crippen LogP contribution in [0.2, 0.25) is 5.02 Å². The Balaban J connectivity index is 1.72. The van der Waals surface area contributed by atoms with E-state index in [1.807, 2.05) is 31.2 Å². The smallest absolute Gasteiger partial charge is 0.294 e. The predicted molar refractivity (Wildman–Crippen MR) is 118 cm³/mol. The fourth-order valence-electron chi connectivity index (χ4n) is 2.71. The molecule has 0 bridgehead atoms. The van der Waals surface area contributed by atoms with E-state index in [9.17, 15) is 14.4 Å². The summed E-state index contributed by atoms with van der Waals surface area (Å²) in [6, 6.07) is 14.6. The van der Waals surface area contributed by atoms with Crippen LogP contribution in [0.15, 0.2) is 53.4 Å². The number of imide groups is 1. The van der Waals surface area contributed by atoms with E-state index in [0.29, 0.717) is 29.5 Å². The summed E-state index contributed by atoms with van der Waals surface area (Å²) >= 11 is 6.72. The molecule has 0 atom stereocenters. The molecule has 1 saturated heterocycles. The Morgan fingerprint density at radius 1 is 1.17 bits per heavy atom. The highest BCUT2D eigenvalue weighted by Gasteiger charge is 2.36. The minimum Gasteiger partial charge on any atom is -0.488 e. The topological polar surface area (TPSA) is 75.7 Å². The molecule has 2 aromatic carbocycles. The molecule has 1 fully saturated rings. The lowest BCUT2D eigenvalue weighted by Gasteiger charge is -2.12. The molecule has 2 aromatic rings. The second-order valence-electron chi connectivity index (χ2n) is 6.57. The third-order valence-electron chi connectivity index (χ3n) is 4.26. The summed E-state index contributed by atoms with van der Waals surface area (Å²) in [4.78, 5) is 38.0. The molecule has 6 nitrogen and oxygen atoms in total. The van der Waals surface area contributed by atoms with Gasteiger partial charge in [0.25, 0.3) is 11.1 Å². The van der Waals surface area contributed by atoms with E-state index < -0.39 is 11.1 Å². The van der Waals surface area contributed by atoms with Gasteiger partial charge in [0, 0.05) is 17.1 Å². The molecule has 3 rings (SSSR count). The van der Waals surface area contributed by atoms with Gasteiger partial charge in [0.1, 0.15) is 18.9 Å². The van der Waals surface area contributed by atoms with E-state index in [0.717, 1.165) is 28.6 Å². The highest BCUT2D eigenvalue weighted by atomic mass is 35.5. The molecule has 156 valence electrons. The van der Waals surface area contributed by atoms with Crippen molar-refractivity contribution in [3.8, 4) is 5.75 Å². The number of carbonyl (C=O) groups is 3. The van der Waals surface area contributed by atoms with Gasteiger partial charge < -0.3 is 10.1 Å². The number of carbonyl (C=O) groups excluding carboxylic acids is 3. The van der Waals surface area contributed by atoms with Crippen molar-refractivity contribution >= 4 is 46.5 Å². The molecule has 30 heavy (non-hydrogen) atoms. The number of halogens is 1. The maximum atomic E-state index is 12.6. The van der Waals surface area contributed by atoms with Gasteiger partial charge in [0.05, 0.1) is 4.91 Å². The van der Waals surface area contributed by atoms with Gasteiger partial charge in [0.2, 0.25) is 5.91 Å². The van der Waals surface area contributed by atoms with Crippen LogP contribution in [0.3, 0.4) is 0 Å². The molecule has 1 heterocycles. The van der Waals surface area contributed by atoms with Gasteiger partial charge in [0.15, 0.2) is 0 Å². The summed E-state index contributed by atoms with van der Waals surface area (Å²) < 4.78 is 5.90. The number of thioether (sulfide) groups is 1. The molecule has 0 aromatic heterocycles. The molecular formula is C22H21ClN2O4S. The number of hydrogen-bond donors (Lipinski definition) is 1. The van der Waals surface area contributed by atoms with Crippen molar-refractivity contribution in [2.24, 2.45) is 0 Å². The van der Waals surface area contributed by atoms with Crippen LogP contribution in [-0.2, 0) is 16.2 Å². The Bertz CT molecular complexity index is 975. The zero-order valence-corrected chi connectivity index (χ0v) is 18.0. The average Bonchev–Trinajstić information content (AvgIpc) is 3.00. The standard InChI is InChI=1S/C22H21ClN2O4S/c1-2-11-24-20(26)13-25-21(27)19(30-22(25)28)12-16-5-3-4-6-18(16)29-14-15-7-9-17(23)10-8-15/h3-10,12H,2,11,13-14H2,1H3,(H,24,26)/b19-12-. The van der Waals surface area contributed by atoms with Crippen molar-refractivity contribution in [1.29, 1.82) is 0 Å². The van der Waals surface area contributed by atoms with E-state index in [-0.39, 0.29) is 17.4 Å². The summed E-state index contributed by atoms with van der Waals surface area (Å²) in [5, 5.41) is 2.86. The van der Waals surface area contributed by atoms with Gasteiger partial charge >= 0.3 is 0 Å². The minimum absolute atomic E-state index is 0.255. The fraction of sp³-hybridized carbons (Fsp3) is 0.227. The highest BCUT2D eigenvalue weighted by molar-refractivity contribution is 8.18. The van der Waals surface area contributed by atoms with Gasteiger partial charge in [-0.1, -0.05) is 48.9 Å². The van der Waals surface area contributed by atoms with Crippen LogP contribution in [0.1, 0.15) is 24.5 Å². The molecule has 0 saturated carbocycles. The Morgan fingerprint density at radius 2 is 1.90 bits per heavy atom. The molecular weight excluding hydrogens is 424 g/mol. The van der Waals surface area contributed by atoms with Crippen LogP contribution in [0, 0.1) is 0 Å². The Morgan fingerprint density at radius 3 is 2.63 bits per heavy atom. The molecule has 0 radical (unpaired) electrons. The van der Waals surface area contributed by atoms with Gasteiger partial charge in [-0.2, -0.15) is 0 Å². The third kappa shape index (κ3) is 5.64. The van der Waals surface area contributed by atoms with E-state index in [1.54, 1.807) is 30.3 Å². The van der Waals surface area contributed by atoms with Gasteiger partial charge in [-0.25, -0.2) is 0 Å². The van der Waals surface area contributed by atoms with E-state index >= 15 is 0 Å². The van der Waals surface area contributed by atoms with Crippen LogP contribution in [0.25, 0.3) is 6.08 Å². The van der Waals surface area contributed by atoms with Gasteiger partial charge in [-0.05, 0) is 48.0 Å². The Hall–Kier alpha value is -2.77. The quantitative estimate of drug-likeness (QED) is 0.607. The number of ether oxygens (including phenoxy) is 1. The SMILES string of the molecule is CCCNC(=O)CN1C(=O)S/C(=C\c2ccccc2OCc2ccc(Cl)cc2)C1=O. The highest BCUT2D eigenvalue weighted by Crippen LogP contribution is 2.34. The normalized spacial score (nSPS) is 15.0. The maximum absolute atomic E-state index is 12.6. The molecule has 1 aliphatic rings. The van der Waals surface area contributed by atoms with Crippen LogP contribution in [-0.4, -0.2) is 35.0 Å². The van der Waals surface area contributed by atoms with Crippen LogP contribution in [0.4, 0.5) is 4.79 Å². The average molecular weight is 445 g/mol. The number of para-hydroxylation sites is 1. The van der Waals surface area contributed by atoms with Crippen LogP contribution < -0.4 is 10.1 Å². The number of nitrogens with zero attached hydrogens (tertiary/aromatic N) is 1. The zero-order valence-electron chi connectivity index (χ0n) is 16.4. The number of nitrogens with one attached hydrogen (secondary N) is 1. The van der Waals surface area contributed by atoms with E-state index in [4.69, 9.17) is 16.3 Å². The van der Waals surface area contributed by atoms with Gasteiger partial charge in [-0.3, -0.25) is 19.3 Å². The number of rotatable bonds is 8. The summed E-state index contributed by atoms with van der Waals surface area (Å²) in [6.45, 7) is 2.48. The monoisotopic (exact) mass is 444 g/mol. The first-order chi connectivity index (χ1) is 14.5. The zero-order chi connectivity index (χ0) is 21.5. The Kier molecular flexibility index (Phi) is 7.54. The number of amides is 3. The molecule has 1 aliphatic heterocycles. The van der Waals surface area contributed by atoms with Crippen LogP contribution in [0.5, 0.6) is 5.75 Å². The maximum Gasteiger partial charge on any atom is 0.294 e. The van der Waals surface area contributed by atoms with Crippen molar-refractivity contribution < 1.29 is 19.1 Å². The first kappa shape index (κ1) is 21.9. The summed E-state index contributed by atoms with van der Waals surface area (Å²) in [6.07, 6.45) is 2.40. The second-order valence-corrected chi connectivity index (χ2v) is 8.00. The lowest BCUT2D eigenvalue weighted by atomic mass is 10.1. The molecule has 8 heteroatoms. The van der Waals surface area contributed by atoms with Crippen molar-refractivity contribution in [3.63, 3.8) is 0 Å². The molecule has 0 unspecified atom stereocenters. The molecule has 3 amide bonds. The second kappa shape index (κ2) is 10.3. The number of benzene rings is 2.